The van der Waals surface area contributed by atoms with E-state index in [-0.39, 0.29) is 5.54 Å². The van der Waals surface area contributed by atoms with Gasteiger partial charge in [0.1, 0.15) is 0 Å². The van der Waals surface area contributed by atoms with E-state index < -0.39 is 0 Å². The zero-order valence-electron chi connectivity index (χ0n) is 10.2. The second kappa shape index (κ2) is 4.97. The molecule has 0 aromatic heterocycles. The van der Waals surface area contributed by atoms with Crippen molar-refractivity contribution in [2.75, 3.05) is 0 Å². The Balaban J connectivity index is 4.11. The minimum absolute atomic E-state index is 0.177. The summed E-state index contributed by atoms with van der Waals surface area (Å²) < 4.78 is 0. The van der Waals surface area contributed by atoms with Crippen molar-refractivity contribution in [1.29, 1.82) is 0 Å². The zero-order valence-corrected chi connectivity index (χ0v) is 10.2. The van der Waals surface area contributed by atoms with Gasteiger partial charge in [0, 0.05) is 11.6 Å². The highest BCUT2D eigenvalue weighted by Crippen LogP contribution is 2.06. The molecule has 0 saturated heterocycles. The Morgan fingerprint density at radius 1 is 0.923 bits per heavy atom. The number of hydrogen-bond acceptors (Lipinski definition) is 2. The standard InChI is InChI=1S/C11H26N2/c1-8(2)10(12-9(3)4)13-11(5,6)7/h8-10,12-13H,1-7H3. The minimum Gasteiger partial charge on any atom is -0.299 e. The summed E-state index contributed by atoms with van der Waals surface area (Å²) in [5, 5.41) is 7.10. The van der Waals surface area contributed by atoms with Gasteiger partial charge in [-0.05, 0) is 40.5 Å². The molecule has 0 fully saturated rings. The summed E-state index contributed by atoms with van der Waals surface area (Å²) in [4.78, 5) is 0. The highest BCUT2D eigenvalue weighted by atomic mass is 15.2. The van der Waals surface area contributed by atoms with Crippen LogP contribution in [-0.2, 0) is 0 Å². The first-order valence-corrected chi connectivity index (χ1v) is 5.26. The van der Waals surface area contributed by atoms with Crippen LogP contribution in [0.3, 0.4) is 0 Å². The lowest BCUT2D eigenvalue weighted by Crippen LogP contribution is -2.55. The van der Waals surface area contributed by atoms with Crippen LogP contribution >= 0.6 is 0 Å². The molecule has 0 heterocycles. The maximum Gasteiger partial charge on any atom is 0.0601 e. The van der Waals surface area contributed by atoms with Crippen molar-refractivity contribution in [3.63, 3.8) is 0 Å². The molecule has 1 atom stereocenters. The van der Waals surface area contributed by atoms with E-state index in [1.54, 1.807) is 0 Å². The largest absolute Gasteiger partial charge is 0.299 e. The van der Waals surface area contributed by atoms with Crippen LogP contribution in [0, 0.1) is 5.92 Å². The van der Waals surface area contributed by atoms with Crippen LogP contribution in [0.4, 0.5) is 0 Å². The first kappa shape index (κ1) is 12.9. The molecule has 0 bridgehead atoms. The SMILES string of the molecule is CC(C)NC(NC(C)(C)C)C(C)C. The molecular weight excluding hydrogens is 160 g/mol. The molecular formula is C11H26N2. The molecule has 0 aliphatic carbocycles. The molecule has 0 radical (unpaired) electrons. The van der Waals surface area contributed by atoms with Crippen molar-refractivity contribution in [3.8, 4) is 0 Å². The summed E-state index contributed by atoms with van der Waals surface area (Å²) in [6.07, 6.45) is 0.403. The first-order valence-electron chi connectivity index (χ1n) is 5.26. The van der Waals surface area contributed by atoms with E-state index in [9.17, 15) is 0 Å². The molecule has 2 nitrogen and oxygen atoms in total. The number of nitrogens with one attached hydrogen (secondary N) is 2. The van der Waals surface area contributed by atoms with E-state index in [1.807, 2.05) is 0 Å². The van der Waals surface area contributed by atoms with Gasteiger partial charge < -0.3 is 0 Å². The van der Waals surface area contributed by atoms with Gasteiger partial charge in [0.25, 0.3) is 0 Å². The third-order valence-corrected chi connectivity index (χ3v) is 1.77. The van der Waals surface area contributed by atoms with Crippen molar-refractivity contribution in [1.82, 2.24) is 10.6 Å². The number of hydrogen-bond donors (Lipinski definition) is 2. The van der Waals surface area contributed by atoms with E-state index in [4.69, 9.17) is 0 Å². The maximum absolute atomic E-state index is 3.58. The second-order valence-corrected chi connectivity index (χ2v) is 5.44. The van der Waals surface area contributed by atoms with E-state index in [2.05, 4.69) is 59.1 Å². The van der Waals surface area contributed by atoms with Gasteiger partial charge in [0.2, 0.25) is 0 Å². The van der Waals surface area contributed by atoms with Crippen molar-refractivity contribution in [3.05, 3.63) is 0 Å². The van der Waals surface area contributed by atoms with E-state index >= 15 is 0 Å². The molecule has 0 aliphatic rings. The lowest BCUT2D eigenvalue weighted by molar-refractivity contribution is 0.249. The number of rotatable bonds is 4. The Kier molecular flexibility index (Phi) is 4.93. The van der Waals surface area contributed by atoms with Gasteiger partial charge in [-0.15, -0.1) is 0 Å². The predicted octanol–water partition coefficient (Wildman–Crippen LogP) is 2.35. The van der Waals surface area contributed by atoms with Crippen molar-refractivity contribution in [2.45, 2.75) is 66.2 Å². The molecule has 80 valence electrons. The summed E-state index contributed by atoms with van der Waals surface area (Å²) in [5.41, 5.74) is 0.177. The van der Waals surface area contributed by atoms with E-state index in [0.29, 0.717) is 18.1 Å². The third kappa shape index (κ3) is 7.03. The van der Waals surface area contributed by atoms with Crippen LogP contribution in [0.5, 0.6) is 0 Å². The van der Waals surface area contributed by atoms with E-state index in [1.165, 1.54) is 0 Å². The normalized spacial score (nSPS) is 15.5. The average Bonchev–Trinajstić information content (AvgIpc) is 1.81. The molecule has 0 aromatic rings. The zero-order chi connectivity index (χ0) is 10.6. The topological polar surface area (TPSA) is 24.1 Å². The van der Waals surface area contributed by atoms with Gasteiger partial charge in [-0.25, -0.2) is 0 Å². The molecule has 0 aliphatic heterocycles. The fraction of sp³-hybridized carbons (Fsp3) is 1.00. The van der Waals surface area contributed by atoms with Gasteiger partial charge in [-0.1, -0.05) is 13.8 Å². The van der Waals surface area contributed by atoms with Gasteiger partial charge in [-0.3, -0.25) is 10.6 Å². The van der Waals surface area contributed by atoms with E-state index in [0.717, 1.165) is 0 Å². The van der Waals surface area contributed by atoms with Crippen molar-refractivity contribution >= 4 is 0 Å². The maximum atomic E-state index is 3.58. The quantitative estimate of drug-likeness (QED) is 0.659. The molecule has 0 spiro atoms. The van der Waals surface area contributed by atoms with Crippen LogP contribution in [0.2, 0.25) is 0 Å². The van der Waals surface area contributed by atoms with Gasteiger partial charge in [0.15, 0.2) is 0 Å². The summed E-state index contributed by atoms with van der Waals surface area (Å²) in [5.74, 6) is 0.613. The molecule has 2 N–H and O–H groups in total. The molecule has 2 heteroatoms. The molecule has 1 unspecified atom stereocenters. The molecule has 13 heavy (non-hydrogen) atoms. The summed E-state index contributed by atoms with van der Waals surface area (Å²) in [6.45, 7) is 15.4. The van der Waals surface area contributed by atoms with Gasteiger partial charge >= 0.3 is 0 Å². The minimum atomic E-state index is 0.177. The summed E-state index contributed by atoms with van der Waals surface area (Å²) in [6, 6.07) is 0.530. The highest BCUT2D eigenvalue weighted by molar-refractivity contribution is 4.79. The van der Waals surface area contributed by atoms with Crippen molar-refractivity contribution < 1.29 is 0 Å². The lowest BCUT2D eigenvalue weighted by Gasteiger charge is -2.33. The van der Waals surface area contributed by atoms with Crippen LogP contribution in [0.25, 0.3) is 0 Å². The first-order chi connectivity index (χ1) is 5.72. The molecule has 0 saturated carbocycles. The van der Waals surface area contributed by atoms with Crippen LogP contribution in [0.1, 0.15) is 48.5 Å². The average molecular weight is 186 g/mol. The molecule has 0 rings (SSSR count). The predicted molar refractivity (Wildman–Crippen MR) is 59.8 cm³/mol. The van der Waals surface area contributed by atoms with Gasteiger partial charge in [0.05, 0.1) is 6.17 Å². The lowest BCUT2D eigenvalue weighted by atomic mass is 10.0. The smallest absolute Gasteiger partial charge is 0.0601 e. The monoisotopic (exact) mass is 186 g/mol. The van der Waals surface area contributed by atoms with Crippen LogP contribution in [-0.4, -0.2) is 17.7 Å². The fourth-order valence-electron chi connectivity index (χ4n) is 1.23. The summed E-state index contributed by atoms with van der Waals surface area (Å²) in [7, 11) is 0. The molecule has 0 amide bonds. The van der Waals surface area contributed by atoms with Crippen LogP contribution < -0.4 is 10.6 Å². The van der Waals surface area contributed by atoms with Gasteiger partial charge in [-0.2, -0.15) is 0 Å². The van der Waals surface area contributed by atoms with Crippen LogP contribution in [0.15, 0.2) is 0 Å². The Hall–Kier alpha value is -0.0800. The van der Waals surface area contributed by atoms with Crippen molar-refractivity contribution in [2.24, 2.45) is 5.92 Å². The molecule has 0 aromatic carbocycles. The third-order valence-electron chi connectivity index (χ3n) is 1.77. The Morgan fingerprint density at radius 3 is 1.62 bits per heavy atom. The highest BCUT2D eigenvalue weighted by Gasteiger charge is 2.19. The Bertz CT molecular complexity index is 134. The fourth-order valence-corrected chi connectivity index (χ4v) is 1.23. The second-order valence-electron chi connectivity index (χ2n) is 5.44. The Morgan fingerprint density at radius 2 is 1.38 bits per heavy atom. The summed E-state index contributed by atoms with van der Waals surface area (Å²) >= 11 is 0. The Labute approximate surface area is 83.5 Å².